The molecular formula is C54H41N. The second-order valence-corrected chi connectivity index (χ2v) is 16.5. The summed E-state index contributed by atoms with van der Waals surface area (Å²) in [4.78, 5) is 2.46. The van der Waals surface area contributed by atoms with Gasteiger partial charge < -0.3 is 4.90 Å². The smallest absolute Gasteiger partial charge is 0.0465 e. The van der Waals surface area contributed by atoms with E-state index >= 15 is 0 Å². The summed E-state index contributed by atoms with van der Waals surface area (Å²) in [7, 11) is 0. The summed E-state index contributed by atoms with van der Waals surface area (Å²) in [6.07, 6.45) is 0. The Bertz CT molecular complexity index is 3020. The van der Waals surface area contributed by atoms with E-state index < -0.39 is 0 Å². The predicted molar refractivity (Wildman–Crippen MR) is 234 cm³/mol. The number of fused-ring (bicyclic) bond motifs is 12. The molecule has 262 valence electrons. The topological polar surface area (TPSA) is 3.24 Å². The summed E-state index contributed by atoms with van der Waals surface area (Å²) in [5.74, 6) is 0. The van der Waals surface area contributed by atoms with Crippen LogP contribution >= 0.6 is 0 Å². The molecule has 2 aliphatic carbocycles. The molecule has 9 aromatic rings. The molecule has 1 nitrogen and oxygen atoms in total. The zero-order valence-corrected chi connectivity index (χ0v) is 31.7. The average molecular weight is 704 g/mol. The van der Waals surface area contributed by atoms with Crippen LogP contribution in [0.3, 0.4) is 0 Å². The number of benzene rings is 9. The molecule has 0 saturated heterocycles. The second-order valence-electron chi connectivity index (χ2n) is 16.5. The Balaban J connectivity index is 1.10. The van der Waals surface area contributed by atoms with Crippen LogP contribution < -0.4 is 4.90 Å². The molecule has 0 amide bonds. The van der Waals surface area contributed by atoms with Gasteiger partial charge in [0, 0.05) is 27.9 Å². The van der Waals surface area contributed by atoms with Gasteiger partial charge in [0.1, 0.15) is 0 Å². The molecule has 0 N–H and O–H groups in total. The molecule has 0 aromatic heterocycles. The van der Waals surface area contributed by atoms with Crippen LogP contribution in [-0.2, 0) is 10.8 Å². The lowest BCUT2D eigenvalue weighted by Gasteiger charge is -2.30. The van der Waals surface area contributed by atoms with E-state index in [1.165, 1.54) is 99.3 Å². The molecule has 0 saturated carbocycles. The summed E-state index contributed by atoms with van der Waals surface area (Å²) >= 11 is 0. The summed E-state index contributed by atoms with van der Waals surface area (Å²) in [6.45, 7) is 9.55. The highest BCUT2D eigenvalue weighted by molar-refractivity contribution is 6.26. The first-order chi connectivity index (χ1) is 26.8. The standard InChI is InChI=1S/C54H41N/c1-53(2)49-21-13-12-20-43(49)44-28-26-37(30-50(44)53)55(36-24-22-35(23-25-36)34-14-6-5-7-15-34)38-27-29-45-48-32-46-41-18-10-8-16-39(41)40-17-9-11-19-42(40)47(46)33-52(48)54(3,4)51(45)31-38/h5-33H,1-4H3. The van der Waals surface area contributed by atoms with Crippen LogP contribution in [0.25, 0.3) is 65.7 Å². The predicted octanol–water partition coefficient (Wildman–Crippen LogP) is 14.9. The van der Waals surface area contributed by atoms with E-state index in [0.29, 0.717) is 0 Å². The van der Waals surface area contributed by atoms with Crippen LogP contribution in [0.1, 0.15) is 49.9 Å². The summed E-state index contributed by atoms with van der Waals surface area (Å²) in [6, 6.07) is 65.7. The highest BCUT2D eigenvalue weighted by atomic mass is 15.1. The first kappa shape index (κ1) is 32.0. The lowest BCUT2D eigenvalue weighted by molar-refractivity contribution is 0.660. The number of anilines is 3. The van der Waals surface area contributed by atoms with Crippen LogP contribution in [0.5, 0.6) is 0 Å². The molecule has 0 spiro atoms. The van der Waals surface area contributed by atoms with Gasteiger partial charge in [-0.1, -0.05) is 155 Å². The van der Waals surface area contributed by atoms with Gasteiger partial charge in [-0.05, 0) is 136 Å². The van der Waals surface area contributed by atoms with Gasteiger partial charge in [0.05, 0.1) is 0 Å². The third-order valence-electron chi connectivity index (χ3n) is 12.8. The Morgan fingerprint density at radius 3 is 1.33 bits per heavy atom. The van der Waals surface area contributed by atoms with Gasteiger partial charge in [-0.2, -0.15) is 0 Å². The van der Waals surface area contributed by atoms with Gasteiger partial charge in [0.15, 0.2) is 0 Å². The molecule has 0 aliphatic heterocycles. The van der Waals surface area contributed by atoms with Crippen molar-refractivity contribution >= 4 is 49.4 Å². The lowest BCUT2D eigenvalue weighted by Crippen LogP contribution is -2.18. The minimum Gasteiger partial charge on any atom is -0.310 e. The fraction of sp³-hybridized carbons (Fsp3) is 0.111. The monoisotopic (exact) mass is 703 g/mol. The van der Waals surface area contributed by atoms with Crippen LogP contribution in [0.15, 0.2) is 176 Å². The quantitative estimate of drug-likeness (QED) is 0.165. The molecule has 0 atom stereocenters. The zero-order valence-electron chi connectivity index (χ0n) is 31.7. The minimum atomic E-state index is -0.188. The number of hydrogen-bond donors (Lipinski definition) is 0. The van der Waals surface area contributed by atoms with Crippen molar-refractivity contribution in [3.63, 3.8) is 0 Å². The second kappa shape index (κ2) is 11.5. The summed E-state index contributed by atoms with van der Waals surface area (Å²) < 4.78 is 0. The Labute approximate surface area is 323 Å². The molecule has 1 heteroatoms. The van der Waals surface area contributed by atoms with E-state index in [4.69, 9.17) is 0 Å². The van der Waals surface area contributed by atoms with Gasteiger partial charge in [0.25, 0.3) is 0 Å². The van der Waals surface area contributed by atoms with Gasteiger partial charge in [-0.25, -0.2) is 0 Å². The molecule has 0 heterocycles. The summed E-state index contributed by atoms with van der Waals surface area (Å²) in [5, 5.41) is 7.91. The fourth-order valence-corrected chi connectivity index (χ4v) is 9.97. The third kappa shape index (κ3) is 4.60. The third-order valence-corrected chi connectivity index (χ3v) is 12.8. The molecule has 0 bridgehead atoms. The number of rotatable bonds is 4. The fourth-order valence-electron chi connectivity index (χ4n) is 9.97. The highest BCUT2D eigenvalue weighted by Crippen LogP contribution is 2.54. The Kier molecular flexibility index (Phi) is 6.72. The average Bonchev–Trinajstić information content (AvgIpc) is 3.59. The van der Waals surface area contributed by atoms with Crippen molar-refractivity contribution in [3.8, 4) is 33.4 Å². The Morgan fingerprint density at radius 2 is 0.709 bits per heavy atom. The van der Waals surface area contributed by atoms with Gasteiger partial charge >= 0.3 is 0 Å². The van der Waals surface area contributed by atoms with Crippen molar-refractivity contribution in [3.05, 3.63) is 198 Å². The van der Waals surface area contributed by atoms with E-state index in [0.717, 1.165) is 5.69 Å². The highest BCUT2D eigenvalue weighted by Gasteiger charge is 2.38. The minimum absolute atomic E-state index is 0.0946. The SMILES string of the molecule is CC1(C)c2ccccc2-c2ccc(N(c3ccc(-c4ccccc4)cc3)c3ccc4c(c3)C(C)(C)c3cc5c6ccccc6c6ccccc6c5cc3-4)cc21. The maximum atomic E-state index is 2.50. The van der Waals surface area contributed by atoms with Gasteiger partial charge in [0.2, 0.25) is 0 Å². The van der Waals surface area contributed by atoms with E-state index in [1.807, 2.05) is 0 Å². The number of hydrogen-bond acceptors (Lipinski definition) is 1. The van der Waals surface area contributed by atoms with E-state index in [1.54, 1.807) is 0 Å². The Hall–Kier alpha value is -6.44. The van der Waals surface area contributed by atoms with Crippen molar-refractivity contribution in [1.82, 2.24) is 0 Å². The van der Waals surface area contributed by atoms with Gasteiger partial charge in [-0.15, -0.1) is 0 Å². The van der Waals surface area contributed by atoms with Crippen molar-refractivity contribution in [1.29, 1.82) is 0 Å². The van der Waals surface area contributed by atoms with Gasteiger partial charge in [-0.3, -0.25) is 0 Å². The molecule has 11 rings (SSSR count). The number of nitrogens with zero attached hydrogens (tertiary/aromatic N) is 1. The van der Waals surface area contributed by atoms with Crippen molar-refractivity contribution in [2.24, 2.45) is 0 Å². The van der Waals surface area contributed by atoms with Crippen molar-refractivity contribution < 1.29 is 0 Å². The first-order valence-corrected chi connectivity index (χ1v) is 19.5. The lowest BCUT2D eigenvalue weighted by atomic mass is 9.81. The normalized spacial score (nSPS) is 14.5. The van der Waals surface area contributed by atoms with Crippen LogP contribution in [0, 0.1) is 0 Å². The molecular weight excluding hydrogens is 663 g/mol. The largest absolute Gasteiger partial charge is 0.310 e. The Morgan fingerprint density at radius 1 is 0.291 bits per heavy atom. The van der Waals surface area contributed by atoms with E-state index in [2.05, 4.69) is 209 Å². The first-order valence-electron chi connectivity index (χ1n) is 19.5. The molecule has 0 unspecified atom stereocenters. The molecule has 0 radical (unpaired) electrons. The molecule has 9 aromatic carbocycles. The zero-order chi connectivity index (χ0) is 37.1. The van der Waals surface area contributed by atoms with Crippen LogP contribution in [-0.4, -0.2) is 0 Å². The molecule has 55 heavy (non-hydrogen) atoms. The molecule has 0 fully saturated rings. The molecule has 2 aliphatic rings. The van der Waals surface area contributed by atoms with Crippen LogP contribution in [0.4, 0.5) is 17.1 Å². The summed E-state index contributed by atoms with van der Waals surface area (Å²) in [5.41, 5.74) is 16.5. The maximum Gasteiger partial charge on any atom is 0.0465 e. The van der Waals surface area contributed by atoms with Crippen LogP contribution in [0.2, 0.25) is 0 Å². The maximum absolute atomic E-state index is 2.50. The van der Waals surface area contributed by atoms with Crippen molar-refractivity contribution in [2.75, 3.05) is 4.90 Å². The van der Waals surface area contributed by atoms with Crippen molar-refractivity contribution in [2.45, 2.75) is 38.5 Å². The van der Waals surface area contributed by atoms with E-state index in [-0.39, 0.29) is 10.8 Å². The van der Waals surface area contributed by atoms with E-state index in [9.17, 15) is 0 Å².